The number of hydrogen-bond donors (Lipinski definition) is 3. The van der Waals surface area contributed by atoms with Gasteiger partial charge in [0.1, 0.15) is 6.04 Å². The van der Waals surface area contributed by atoms with Crippen molar-refractivity contribution < 1.29 is 18.0 Å². The maximum Gasteiger partial charge on any atom is 0.322 e. The molecule has 1 saturated heterocycles. The lowest BCUT2D eigenvalue weighted by atomic mass is 10.2. The van der Waals surface area contributed by atoms with Gasteiger partial charge in [-0.15, -0.1) is 0 Å². The number of halogens is 1. The molecule has 9 heteroatoms. The number of carbonyl (C=O) groups excluding carboxylic acids is 2. The number of urea groups is 1. The molecule has 1 fully saturated rings. The van der Waals surface area contributed by atoms with Crippen LogP contribution in [0.25, 0.3) is 0 Å². The van der Waals surface area contributed by atoms with Gasteiger partial charge in [-0.2, -0.15) is 0 Å². The Morgan fingerprint density at radius 3 is 2.40 bits per heavy atom. The second kappa shape index (κ2) is 5.78. The van der Waals surface area contributed by atoms with Crippen molar-refractivity contribution in [3.05, 3.63) is 29.3 Å². The van der Waals surface area contributed by atoms with E-state index in [2.05, 4.69) is 15.4 Å². The minimum absolute atomic E-state index is 0.0311. The topological polar surface area (TPSA) is 104 Å². The van der Waals surface area contributed by atoms with Crippen LogP contribution >= 0.6 is 11.6 Å². The number of rotatable bonds is 5. The van der Waals surface area contributed by atoms with Crippen LogP contribution in [0.1, 0.15) is 6.42 Å². The molecule has 1 aliphatic rings. The predicted octanol–water partition coefficient (Wildman–Crippen LogP) is 0.216. The summed E-state index contributed by atoms with van der Waals surface area (Å²) in [5, 5.41) is 4.90. The minimum atomic E-state index is -3.65. The Morgan fingerprint density at radius 1 is 1.20 bits per heavy atom. The largest absolute Gasteiger partial charge is 0.326 e. The summed E-state index contributed by atoms with van der Waals surface area (Å²) in [5.41, 5.74) is 0. The quantitative estimate of drug-likeness (QED) is 0.675. The van der Waals surface area contributed by atoms with Crippen LogP contribution in [0, 0.1) is 0 Å². The second-order valence-electron chi connectivity index (χ2n) is 4.16. The maximum absolute atomic E-state index is 11.9. The highest BCUT2D eigenvalue weighted by Crippen LogP contribution is 2.13. The molecule has 0 aliphatic carbocycles. The van der Waals surface area contributed by atoms with Gasteiger partial charge in [0.2, 0.25) is 10.0 Å². The summed E-state index contributed by atoms with van der Waals surface area (Å²) >= 11 is 5.68. The average Bonchev–Trinajstić information content (AvgIpc) is 2.68. The van der Waals surface area contributed by atoms with Crippen molar-refractivity contribution in [1.29, 1.82) is 0 Å². The van der Waals surface area contributed by atoms with Crippen molar-refractivity contribution >= 4 is 33.6 Å². The molecule has 0 spiro atoms. The summed E-state index contributed by atoms with van der Waals surface area (Å²) in [6, 6.07) is 4.43. The summed E-state index contributed by atoms with van der Waals surface area (Å²) in [4.78, 5) is 22.2. The fourth-order valence-electron chi connectivity index (χ4n) is 1.70. The second-order valence-corrected chi connectivity index (χ2v) is 6.36. The number of hydrogen-bond acceptors (Lipinski definition) is 4. The van der Waals surface area contributed by atoms with E-state index >= 15 is 0 Å². The average molecular weight is 318 g/mol. The highest BCUT2D eigenvalue weighted by atomic mass is 35.5. The number of nitrogens with one attached hydrogen (secondary N) is 3. The van der Waals surface area contributed by atoms with Crippen LogP contribution in [-0.4, -0.2) is 32.9 Å². The Kier molecular flexibility index (Phi) is 4.26. The molecule has 1 aromatic carbocycles. The minimum Gasteiger partial charge on any atom is -0.326 e. The first-order valence-electron chi connectivity index (χ1n) is 5.75. The number of benzene rings is 1. The molecular formula is C11H12ClN3O4S. The van der Waals surface area contributed by atoms with Crippen LogP contribution in [-0.2, 0) is 14.8 Å². The van der Waals surface area contributed by atoms with E-state index in [0.29, 0.717) is 5.02 Å². The molecule has 108 valence electrons. The van der Waals surface area contributed by atoms with Crippen molar-refractivity contribution in [2.24, 2.45) is 0 Å². The van der Waals surface area contributed by atoms with E-state index in [1.54, 1.807) is 0 Å². The summed E-state index contributed by atoms with van der Waals surface area (Å²) in [6.07, 6.45) is 0.171. The Balaban J connectivity index is 1.91. The lowest BCUT2D eigenvalue weighted by Crippen LogP contribution is -2.34. The van der Waals surface area contributed by atoms with E-state index in [1.807, 2.05) is 0 Å². The molecule has 3 amide bonds. The van der Waals surface area contributed by atoms with Crippen molar-refractivity contribution in [1.82, 2.24) is 15.4 Å². The van der Waals surface area contributed by atoms with Crippen molar-refractivity contribution in [2.45, 2.75) is 17.4 Å². The lowest BCUT2D eigenvalue weighted by molar-refractivity contribution is -0.120. The van der Waals surface area contributed by atoms with Crippen LogP contribution in [0.4, 0.5) is 4.79 Å². The van der Waals surface area contributed by atoms with E-state index in [1.165, 1.54) is 24.3 Å². The Hall–Kier alpha value is -1.64. The molecule has 0 bridgehead atoms. The molecule has 0 aromatic heterocycles. The van der Waals surface area contributed by atoms with Gasteiger partial charge in [-0.1, -0.05) is 11.6 Å². The third-order valence-electron chi connectivity index (χ3n) is 2.71. The first kappa shape index (κ1) is 14.8. The normalized spacial score (nSPS) is 18.8. The van der Waals surface area contributed by atoms with E-state index in [0.717, 1.165) is 0 Å². The SMILES string of the molecule is O=C1NC(=O)C(CCNS(=O)(=O)c2ccc(Cl)cc2)N1. The molecule has 7 nitrogen and oxygen atoms in total. The van der Waals surface area contributed by atoms with Crippen LogP contribution in [0.5, 0.6) is 0 Å². The fourth-order valence-corrected chi connectivity index (χ4v) is 2.87. The van der Waals surface area contributed by atoms with E-state index in [-0.39, 0.29) is 17.9 Å². The standard InChI is InChI=1S/C11H12ClN3O4S/c12-7-1-3-8(4-2-7)20(18,19)13-6-5-9-10(16)15-11(17)14-9/h1-4,9,13H,5-6H2,(H2,14,15,16,17). The van der Waals surface area contributed by atoms with Crippen LogP contribution < -0.4 is 15.4 Å². The molecule has 0 saturated carbocycles. The van der Waals surface area contributed by atoms with Gasteiger partial charge in [0.15, 0.2) is 0 Å². The molecular weight excluding hydrogens is 306 g/mol. The van der Waals surface area contributed by atoms with Crippen LogP contribution in [0.3, 0.4) is 0 Å². The zero-order valence-electron chi connectivity index (χ0n) is 10.2. The van der Waals surface area contributed by atoms with Crippen molar-refractivity contribution in [3.63, 3.8) is 0 Å². The molecule has 20 heavy (non-hydrogen) atoms. The highest BCUT2D eigenvalue weighted by Gasteiger charge is 2.29. The van der Waals surface area contributed by atoms with E-state index in [4.69, 9.17) is 11.6 Å². The smallest absolute Gasteiger partial charge is 0.322 e. The molecule has 1 unspecified atom stereocenters. The highest BCUT2D eigenvalue weighted by molar-refractivity contribution is 7.89. The third-order valence-corrected chi connectivity index (χ3v) is 4.44. The summed E-state index contributed by atoms with van der Waals surface area (Å²) in [5.74, 6) is -0.458. The number of amides is 3. The van der Waals surface area contributed by atoms with Gasteiger partial charge in [0.25, 0.3) is 5.91 Å². The molecule has 1 atom stereocenters. The van der Waals surface area contributed by atoms with Gasteiger partial charge < -0.3 is 5.32 Å². The van der Waals surface area contributed by atoms with Gasteiger partial charge in [0.05, 0.1) is 4.90 Å². The van der Waals surface area contributed by atoms with E-state index < -0.39 is 28.0 Å². The number of imide groups is 1. The summed E-state index contributed by atoms with van der Waals surface area (Å²) < 4.78 is 26.2. The first-order valence-corrected chi connectivity index (χ1v) is 7.61. The van der Waals surface area contributed by atoms with Gasteiger partial charge in [0, 0.05) is 11.6 Å². The first-order chi connectivity index (χ1) is 9.38. The zero-order chi connectivity index (χ0) is 14.8. The van der Waals surface area contributed by atoms with Crippen LogP contribution in [0.2, 0.25) is 5.02 Å². The molecule has 0 radical (unpaired) electrons. The number of sulfonamides is 1. The van der Waals surface area contributed by atoms with Crippen molar-refractivity contribution in [2.75, 3.05) is 6.54 Å². The molecule has 2 rings (SSSR count). The van der Waals surface area contributed by atoms with Gasteiger partial charge in [-0.05, 0) is 30.7 Å². The lowest BCUT2D eigenvalue weighted by Gasteiger charge is -2.09. The summed E-state index contributed by atoms with van der Waals surface area (Å²) in [6.45, 7) is 0.0311. The van der Waals surface area contributed by atoms with E-state index in [9.17, 15) is 18.0 Å². The third kappa shape index (κ3) is 3.47. The zero-order valence-corrected chi connectivity index (χ0v) is 11.8. The molecule has 1 aromatic rings. The van der Waals surface area contributed by atoms with Crippen LogP contribution in [0.15, 0.2) is 29.2 Å². The fraction of sp³-hybridized carbons (Fsp3) is 0.273. The predicted molar refractivity (Wildman–Crippen MR) is 71.7 cm³/mol. The van der Waals surface area contributed by atoms with Gasteiger partial charge >= 0.3 is 6.03 Å². The molecule has 3 N–H and O–H groups in total. The van der Waals surface area contributed by atoms with Gasteiger partial charge in [-0.25, -0.2) is 17.9 Å². The Morgan fingerprint density at radius 2 is 1.85 bits per heavy atom. The molecule has 1 heterocycles. The number of carbonyl (C=O) groups is 2. The van der Waals surface area contributed by atoms with Gasteiger partial charge in [-0.3, -0.25) is 10.1 Å². The molecule has 1 aliphatic heterocycles. The Labute approximate surface area is 120 Å². The monoisotopic (exact) mass is 317 g/mol. The Bertz CT molecular complexity index is 630. The summed E-state index contributed by atoms with van der Waals surface area (Å²) in [7, 11) is -3.65. The maximum atomic E-state index is 11.9. The van der Waals surface area contributed by atoms with Crippen molar-refractivity contribution in [3.8, 4) is 0 Å².